The molecule has 1 N–H and O–H groups in total. The Kier molecular flexibility index (Phi) is 6.45. The molecule has 0 spiro atoms. The van der Waals surface area contributed by atoms with Crippen LogP contribution in [0.25, 0.3) is 0 Å². The fraction of sp³-hybridized carbons (Fsp3) is 0.600. The molecule has 0 unspecified atom stereocenters. The molecule has 5 nitrogen and oxygen atoms in total. The number of benzene rings is 1. The average Bonchev–Trinajstić information content (AvgIpc) is 3.01. The summed E-state index contributed by atoms with van der Waals surface area (Å²) in [6, 6.07) is 7.60. The van der Waals surface area contributed by atoms with Crippen LogP contribution < -0.4 is 10.2 Å². The molecule has 2 amide bonds. The number of amides is 2. The first-order valence-electron chi connectivity index (χ1n) is 9.65. The first-order chi connectivity index (χ1) is 12.2. The van der Waals surface area contributed by atoms with E-state index >= 15 is 0 Å². The van der Waals surface area contributed by atoms with Crippen LogP contribution in [0, 0.1) is 0 Å². The van der Waals surface area contributed by atoms with Gasteiger partial charge in [0.05, 0.1) is 0 Å². The number of carbonyl (C=O) groups is 2. The van der Waals surface area contributed by atoms with Gasteiger partial charge in [0.2, 0.25) is 11.8 Å². The summed E-state index contributed by atoms with van der Waals surface area (Å²) in [5.74, 6) is 0.247. The van der Waals surface area contributed by atoms with Crippen LogP contribution in [0.3, 0.4) is 0 Å². The standard InChI is InChI=1S/C20H29N3O2/c24-19(12-16-22-13-4-2-1-3-5-14-22)21-17-8-10-18(11-9-17)23-15-6-7-20(23)25/h8-11H,1-7,12-16H2,(H,21,24). The summed E-state index contributed by atoms with van der Waals surface area (Å²) in [5, 5.41) is 2.97. The number of hydrogen-bond acceptors (Lipinski definition) is 3. The predicted octanol–water partition coefficient (Wildman–Crippen LogP) is 3.41. The number of rotatable bonds is 5. The van der Waals surface area contributed by atoms with Gasteiger partial charge in [0.1, 0.15) is 0 Å². The van der Waals surface area contributed by atoms with Crippen LogP contribution in [0.5, 0.6) is 0 Å². The number of nitrogens with one attached hydrogen (secondary N) is 1. The Hall–Kier alpha value is -1.88. The molecular weight excluding hydrogens is 314 g/mol. The largest absolute Gasteiger partial charge is 0.326 e. The second kappa shape index (κ2) is 8.99. The molecule has 0 bridgehead atoms. The normalized spacial score (nSPS) is 19.5. The molecule has 2 saturated heterocycles. The van der Waals surface area contributed by atoms with Crippen molar-refractivity contribution in [1.82, 2.24) is 4.90 Å². The van der Waals surface area contributed by atoms with Crippen molar-refractivity contribution in [3.05, 3.63) is 24.3 Å². The second-order valence-corrected chi connectivity index (χ2v) is 7.10. The van der Waals surface area contributed by atoms with Crippen molar-refractivity contribution in [3.63, 3.8) is 0 Å². The zero-order valence-electron chi connectivity index (χ0n) is 15.0. The quantitative estimate of drug-likeness (QED) is 0.891. The summed E-state index contributed by atoms with van der Waals surface area (Å²) >= 11 is 0. The van der Waals surface area contributed by atoms with Gasteiger partial charge >= 0.3 is 0 Å². The molecule has 0 saturated carbocycles. The van der Waals surface area contributed by atoms with Crippen LogP contribution in [0.4, 0.5) is 11.4 Å². The first-order valence-corrected chi connectivity index (χ1v) is 9.65. The summed E-state index contributed by atoms with van der Waals surface area (Å²) in [7, 11) is 0. The van der Waals surface area contributed by atoms with Crippen molar-refractivity contribution in [3.8, 4) is 0 Å². The van der Waals surface area contributed by atoms with Crippen molar-refractivity contribution in [2.45, 2.75) is 51.4 Å². The Morgan fingerprint density at radius 3 is 2.24 bits per heavy atom. The van der Waals surface area contributed by atoms with Gasteiger partial charge in [-0.05, 0) is 56.6 Å². The van der Waals surface area contributed by atoms with Gasteiger partial charge in [0.25, 0.3) is 0 Å². The average molecular weight is 343 g/mol. The molecule has 0 aliphatic carbocycles. The third-order valence-electron chi connectivity index (χ3n) is 5.14. The van der Waals surface area contributed by atoms with E-state index in [1.54, 1.807) is 0 Å². The lowest BCUT2D eigenvalue weighted by molar-refractivity contribution is -0.117. The lowest BCUT2D eigenvalue weighted by Gasteiger charge is -2.24. The van der Waals surface area contributed by atoms with E-state index in [2.05, 4.69) is 10.2 Å². The van der Waals surface area contributed by atoms with Crippen molar-refractivity contribution in [2.75, 3.05) is 36.4 Å². The van der Waals surface area contributed by atoms with E-state index in [4.69, 9.17) is 0 Å². The van der Waals surface area contributed by atoms with Crippen LogP contribution in [0.1, 0.15) is 51.4 Å². The number of carbonyl (C=O) groups excluding carboxylic acids is 2. The summed E-state index contributed by atoms with van der Waals surface area (Å²) in [6.07, 6.45) is 8.57. The molecule has 25 heavy (non-hydrogen) atoms. The van der Waals surface area contributed by atoms with Gasteiger partial charge < -0.3 is 15.1 Å². The minimum Gasteiger partial charge on any atom is -0.326 e. The van der Waals surface area contributed by atoms with E-state index in [-0.39, 0.29) is 11.8 Å². The second-order valence-electron chi connectivity index (χ2n) is 7.10. The van der Waals surface area contributed by atoms with Crippen LogP contribution >= 0.6 is 0 Å². The Labute approximate surface area is 150 Å². The van der Waals surface area contributed by atoms with Gasteiger partial charge in [0, 0.05) is 37.3 Å². The Bertz CT molecular complexity index is 577. The van der Waals surface area contributed by atoms with Crippen molar-refractivity contribution < 1.29 is 9.59 Å². The predicted molar refractivity (Wildman–Crippen MR) is 101 cm³/mol. The summed E-state index contributed by atoms with van der Waals surface area (Å²) in [6.45, 7) is 3.87. The molecule has 1 aromatic carbocycles. The number of hydrogen-bond donors (Lipinski definition) is 1. The van der Waals surface area contributed by atoms with Crippen LogP contribution in [-0.4, -0.2) is 42.9 Å². The smallest absolute Gasteiger partial charge is 0.227 e. The number of likely N-dealkylation sites (tertiary alicyclic amines) is 1. The van der Waals surface area contributed by atoms with Gasteiger partial charge in [-0.1, -0.05) is 19.3 Å². The van der Waals surface area contributed by atoms with E-state index in [9.17, 15) is 9.59 Å². The topological polar surface area (TPSA) is 52.7 Å². The summed E-state index contributed by atoms with van der Waals surface area (Å²) < 4.78 is 0. The molecular formula is C20H29N3O2. The number of nitrogens with zero attached hydrogens (tertiary/aromatic N) is 2. The molecule has 0 radical (unpaired) electrons. The number of anilines is 2. The Morgan fingerprint density at radius 2 is 1.60 bits per heavy atom. The Balaban J connectivity index is 1.45. The van der Waals surface area contributed by atoms with Gasteiger partial charge in [-0.25, -0.2) is 0 Å². The first kappa shape index (κ1) is 17.9. The summed E-state index contributed by atoms with van der Waals surface area (Å²) in [5.41, 5.74) is 1.72. The highest BCUT2D eigenvalue weighted by atomic mass is 16.2. The molecule has 2 aliphatic heterocycles. The molecule has 2 fully saturated rings. The van der Waals surface area contributed by atoms with E-state index in [1.807, 2.05) is 29.2 Å². The molecule has 1 aromatic rings. The molecule has 5 heteroatoms. The van der Waals surface area contributed by atoms with Gasteiger partial charge in [-0.2, -0.15) is 0 Å². The van der Waals surface area contributed by atoms with Gasteiger partial charge in [-0.3, -0.25) is 9.59 Å². The third-order valence-corrected chi connectivity index (χ3v) is 5.14. The van der Waals surface area contributed by atoms with Crippen LogP contribution in [0.2, 0.25) is 0 Å². The van der Waals surface area contributed by atoms with E-state index < -0.39 is 0 Å². The molecule has 0 aromatic heterocycles. The fourth-order valence-corrected chi connectivity index (χ4v) is 3.67. The maximum atomic E-state index is 12.2. The SMILES string of the molecule is O=C(CCN1CCCCCCC1)Nc1ccc(N2CCCC2=O)cc1. The highest BCUT2D eigenvalue weighted by Crippen LogP contribution is 2.23. The monoisotopic (exact) mass is 343 g/mol. The molecule has 3 rings (SSSR count). The zero-order chi connectivity index (χ0) is 17.5. The molecule has 2 heterocycles. The van der Waals surface area contributed by atoms with Crippen molar-refractivity contribution in [2.24, 2.45) is 0 Å². The minimum absolute atomic E-state index is 0.0621. The highest BCUT2D eigenvalue weighted by molar-refractivity contribution is 5.96. The third kappa shape index (κ3) is 5.30. The lowest BCUT2D eigenvalue weighted by atomic mass is 10.1. The van der Waals surface area contributed by atoms with Gasteiger partial charge in [0.15, 0.2) is 0 Å². The lowest BCUT2D eigenvalue weighted by Crippen LogP contribution is -2.30. The Morgan fingerprint density at radius 1 is 0.920 bits per heavy atom. The van der Waals surface area contributed by atoms with E-state index in [0.717, 1.165) is 44.0 Å². The van der Waals surface area contributed by atoms with E-state index in [0.29, 0.717) is 12.8 Å². The summed E-state index contributed by atoms with van der Waals surface area (Å²) in [4.78, 5) is 28.2. The fourth-order valence-electron chi connectivity index (χ4n) is 3.67. The van der Waals surface area contributed by atoms with Crippen LogP contribution in [-0.2, 0) is 9.59 Å². The zero-order valence-corrected chi connectivity index (χ0v) is 15.0. The van der Waals surface area contributed by atoms with Crippen molar-refractivity contribution in [1.29, 1.82) is 0 Å². The van der Waals surface area contributed by atoms with Crippen LogP contribution in [0.15, 0.2) is 24.3 Å². The molecule has 2 aliphatic rings. The minimum atomic E-state index is 0.0621. The van der Waals surface area contributed by atoms with E-state index in [1.165, 1.54) is 32.1 Å². The maximum Gasteiger partial charge on any atom is 0.227 e. The van der Waals surface area contributed by atoms with Gasteiger partial charge in [-0.15, -0.1) is 0 Å². The maximum absolute atomic E-state index is 12.2. The molecule has 136 valence electrons. The highest BCUT2D eigenvalue weighted by Gasteiger charge is 2.21. The van der Waals surface area contributed by atoms with Crippen molar-refractivity contribution >= 4 is 23.2 Å². The molecule has 0 atom stereocenters.